The lowest BCUT2D eigenvalue weighted by Crippen LogP contribution is -2.10. The van der Waals surface area contributed by atoms with E-state index in [9.17, 15) is 0 Å². The Morgan fingerprint density at radius 2 is 0.370 bits per heavy atom. The van der Waals surface area contributed by atoms with Gasteiger partial charge in [0.25, 0.3) is 0 Å². The van der Waals surface area contributed by atoms with Gasteiger partial charge in [-0.25, -0.2) is 0 Å². The molecule has 0 radical (unpaired) electrons. The van der Waals surface area contributed by atoms with E-state index in [2.05, 4.69) is 423 Å². The normalized spacial score (nSPS) is 11.0. The molecule has 0 saturated heterocycles. The molecule has 0 heterocycles. The maximum Gasteiger partial charge on any atom is 0.0456 e. The van der Waals surface area contributed by atoms with E-state index in [0.29, 0.717) is 0 Å². The molecule has 0 N–H and O–H groups in total. The van der Waals surface area contributed by atoms with Crippen LogP contribution in [0.2, 0.25) is 0 Å². The van der Waals surface area contributed by atoms with Crippen LogP contribution in [-0.4, -0.2) is 0 Å². The molecule has 13 rings (SSSR count). The topological polar surface area (TPSA) is 6.48 Å². The standard InChI is InChI=1S/C90H68N2/c1-9-29-75(30-10-1)87(76-31-11-2-12-32-76)65-71-51-61-85(62-52-71)91(67-89(79-37-17-5-18-38-79)80-39-19-6-20-40-80)83-57-47-69(48-58-83)45-55-73-27-25-26-28-74(73)56-46-70-49-59-84(60-50-70)92(68-90(81-41-21-7-22-42-81)82-43-23-8-24-44-82)86-63-53-72(54-64-86)66-88(77-33-13-3-14-34-77)78-35-15-4-16-36-78/h1-68H. The van der Waals surface area contributed by atoms with Crippen molar-refractivity contribution in [3.05, 3.63) is 454 Å². The Morgan fingerprint density at radius 1 is 0.174 bits per heavy atom. The van der Waals surface area contributed by atoms with Crippen molar-refractivity contribution in [1.29, 1.82) is 0 Å². The van der Waals surface area contributed by atoms with Crippen LogP contribution in [0.25, 0.3) is 58.7 Å². The molecule has 0 aromatic heterocycles. The molecule has 13 aromatic rings. The lowest BCUT2D eigenvalue weighted by Gasteiger charge is -2.24. The Hall–Kier alpha value is -12.1. The number of rotatable bonds is 20. The van der Waals surface area contributed by atoms with Gasteiger partial charge in [0.1, 0.15) is 0 Å². The highest BCUT2D eigenvalue weighted by molar-refractivity contribution is 5.94. The number of benzene rings is 13. The van der Waals surface area contributed by atoms with E-state index in [1.165, 1.54) is 33.4 Å². The highest BCUT2D eigenvalue weighted by atomic mass is 15.1. The number of hydrogen-bond donors (Lipinski definition) is 0. The second-order valence-electron chi connectivity index (χ2n) is 22.5. The van der Waals surface area contributed by atoms with E-state index in [4.69, 9.17) is 0 Å². The first-order valence-corrected chi connectivity index (χ1v) is 31.4. The van der Waals surface area contributed by atoms with Gasteiger partial charge in [0.2, 0.25) is 0 Å². The van der Waals surface area contributed by atoms with Gasteiger partial charge >= 0.3 is 0 Å². The van der Waals surface area contributed by atoms with Gasteiger partial charge in [0.05, 0.1) is 0 Å². The summed E-state index contributed by atoms with van der Waals surface area (Å²) >= 11 is 0. The van der Waals surface area contributed by atoms with Crippen LogP contribution < -0.4 is 9.80 Å². The van der Waals surface area contributed by atoms with Crippen molar-refractivity contribution in [1.82, 2.24) is 0 Å². The Kier molecular flexibility index (Phi) is 18.7. The molecule has 0 aliphatic rings. The van der Waals surface area contributed by atoms with Crippen molar-refractivity contribution in [2.24, 2.45) is 0 Å². The van der Waals surface area contributed by atoms with Crippen LogP contribution in [0.5, 0.6) is 0 Å². The molecule has 0 spiro atoms. The van der Waals surface area contributed by atoms with E-state index in [1.54, 1.807) is 0 Å². The fourth-order valence-corrected chi connectivity index (χ4v) is 11.6. The van der Waals surface area contributed by atoms with Gasteiger partial charge in [-0.05, 0) is 150 Å². The smallest absolute Gasteiger partial charge is 0.0456 e. The van der Waals surface area contributed by atoms with Crippen molar-refractivity contribution < 1.29 is 0 Å². The van der Waals surface area contributed by atoms with Crippen molar-refractivity contribution >= 4 is 81.5 Å². The van der Waals surface area contributed by atoms with Gasteiger partial charge in [0.15, 0.2) is 0 Å². The molecule has 0 bridgehead atoms. The molecule has 0 amide bonds. The van der Waals surface area contributed by atoms with Crippen LogP contribution in [-0.2, 0) is 0 Å². The summed E-state index contributed by atoms with van der Waals surface area (Å²) in [5.74, 6) is 0. The van der Waals surface area contributed by atoms with Crippen molar-refractivity contribution in [3.8, 4) is 0 Å². The van der Waals surface area contributed by atoms with Crippen LogP contribution in [0.1, 0.15) is 77.9 Å². The Morgan fingerprint density at radius 3 is 0.598 bits per heavy atom. The molecular weight excluding hydrogens is 1110 g/mol. The van der Waals surface area contributed by atoms with Crippen LogP contribution >= 0.6 is 0 Å². The Bertz CT molecular complexity index is 4200. The molecule has 0 fully saturated rings. The van der Waals surface area contributed by atoms with E-state index >= 15 is 0 Å². The zero-order chi connectivity index (χ0) is 61.9. The average Bonchev–Trinajstić information content (AvgIpc) is 1.25. The molecule has 0 saturated carbocycles. The summed E-state index contributed by atoms with van der Waals surface area (Å²) in [6, 6.07) is 129. The zero-order valence-corrected chi connectivity index (χ0v) is 51.2. The summed E-state index contributed by atoms with van der Waals surface area (Å²) in [6.45, 7) is 0. The zero-order valence-electron chi connectivity index (χ0n) is 51.2. The van der Waals surface area contributed by atoms with Gasteiger partial charge in [-0.2, -0.15) is 0 Å². The van der Waals surface area contributed by atoms with Crippen LogP contribution in [0, 0.1) is 0 Å². The van der Waals surface area contributed by atoms with Crippen molar-refractivity contribution in [2.75, 3.05) is 9.80 Å². The molecule has 438 valence electrons. The lowest BCUT2D eigenvalue weighted by molar-refractivity contribution is 1.28. The first-order valence-electron chi connectivity index (χ1n) is 31.4. The van der Waals surface area contributed by atoms with Crippen molar-refractivity contribution in [2.45, 2.75) is 0 Å². The second-order valence-corrected chi connectivity index (χ2v) is 22.5. The summed E-state index contributed by atoms with van der Waals surface area (Å²) < 4.78 is 0. The van der Waals surface area contributed by atoms with Gasteiger partial charge in [-0.15, -0.1) is 0 Å². The third-order valence-corrected chi connectivity index (χ3v) is 16.4. The maximum absolute atomic E-state index is 2.31. The molecule has 92 heavy (non-hydrogen) atoms. The first-order chi connectivity index (χ1) is 45.6. The third-order valence-electron chi connectivity index (χ3n) is 16.4. The minimum absolute atomic E-state index is 1.05. The second kappa shape index (κ2) is 29.3. The summed E-state index contributed by atoms with van der Waals surface area (Å²) in [6.07, 6.45) is 18.0. The minimum Gasteiger partial charge on any atom is -0.317 e. The number of nitrogens with zero attached hydrogens (tertiary/aromatic N) is 2. The Balaban J connectivity index is 0.783. The van der Waals surface area contributed by atoms with E-state index < -0.39 is 0 Å². The van der Waals surface area contributed by atoms with Crippen LogP contribution in [0.15, 0.2) is 376 Å². The minimum atomic E-state index is 1.05. The maximum atomic E-state index is 2.31. The lowest BCUT2D eigenvalue weighted by atomic mass is 9.95. The summed E-state index contributed by atoms with van der Waals surface area (Å²) in [5.41, 5.74) is 24.8. The summed E-state index contributed by atoms with van der Waals surface area (Å²) in [7, 11) is 0. The average molecular weight is 1180 g/mol. The Labute approximate surface area is 542 Å². The summed E-state index contributed by atoms with van der Waals surface area (Å²) in [5, 5.41) is 0. The van der Waals surface area contributed by atoms with E-state index in [1.807, 2.05) is 0 Å². The van der Waals surface area contributed by atoms with E-state index in [-0.39, 0.29) is 0 Å². The third kappa shape index (κ3) is 14.7. The molecule has 0 atom stereocenters. The van der Waals surface area contributed by atoms with Gasteiger partial charge in [0, 0.05) is 46.3 Å². The molecule has 13 aromatic carbocycles. The quantitative estimate of drug-likeness (QED) is 0.0702. The molecular formula is C90H68N2. The highest BCUT2D eigenvalue weighted by Gasteiger charge is 2.16. The fraction of sp³-hybridized carbons (Fsp3) is 0. The largest absolute Gasteiger partial charge is 0.317 e. The fourth-order valence-electron chi connectivity index (χ4n) is 11.6. The van der Waals surface area contributed by atoms with Crippen LogP contribution in [0.4, 0.5) is 22.7 Å². The monoisotopic (exact) mass is 1180 g/mol. The first kappa shape index (κ1) is 58.9. The van der Waals surface area contributed by atoms with Gasteiger partial charge < -0.3 is 9.80 Å². The molecule has 2 nitrogen and oxygen atoms in total. The highest BCUT2D eigenvalue weighted by Crippen LogP contribution is 2.36. The molecule has 0 unspecified atom stereocenters. The predicted octanol–water partition coefficient (Wildman–Crippen LogP) is 23.7. The molecule has 2 heteroatoms. The SMILES string of the molecule is C(=Cc1ccccc1C=Cc1ccc(N(C=C(c2ccccc2)c2ccccc2)c2ccc(C=C(c3ccccc3)c3ccccc3)cc2)cc1)c1ccc(N(C=C(c2ccccc2)c2ccccc2)c2ccc(C=C(c3ccccc3)c3ccccc3)cc2)cc1. The van der Waals surface area contributed by atoms with Gasteiger partial charge in [-0.1, -0.05) is 340 Å². The molecule has 0 aliphatic carbocycles. The van der Waals surface area contributed by atoms with Crippen molar-refractivity contribution in [3.63, 3.8) is 0 Å². The van der Waals surface area contributed by atoms with Gasteiger partial charge in [-0.3, -0.25) is 0 Å². The number of anilines is 4. The summed E-state index contributed by atoms with van der Waals surface area (Å²) in [4.78, 5) is 4.62. The number of hydrogen-bond acceptors (Lipinski definition) is 2. The van der Waals surface area contributed by atoms with Crippen LogP contribution in [0.3, 0.4) is 0 Å². The molecule has 0 aliphatic heterocycles. The predicted molar refractivity (Wildman–Crippen MR) is 394 cm³/mol. The van der Waals surface area contributed by atoms with E-state index in [0.717, 1.165) is 89.5 Å².